The Morgan fingerprint density at radius 2 is 2.08 bits per heavy atom. The highest BCUT2D eigenvalue weighted by atomic mass is 35.5. The van der Waals surface area contributed by atoms with Crippen molar-refractivity contribution < 1.29 is 14.7 Å². The lowest BCUT2D eigenvalue weighted by Gasteiger charge is -2.26. The Balaban J connectivity index is 1.52. The molecule has 0 fully saturated rings. The molecule has 0 aromatic carbocycles. The zero-order chi connectivity index (χ0) is 18.3. The first-order valence-electron chi connectivity index (χ1n) is 8.20. The van der Waals surface area contributed by atoms with Crippen molar-refractivity contribution in [2.75, 3.05) is 6.54 Å². The number of carboxylic acids is 1. The zero-order valence-electron chi connectivity index (χ0n) is 13.8. The predicted octanol–water partition coefficient (Wildman–Crippen LogP) is 1.86. The van der Waals surface area contributed by atoms with Gasteiger partial charge in [-0.25, -0.2) is 4.98 Å². The minimum atomic E-state index is -0.847. The fraction of sp³-hybridized carbons (Fsp3) is 0.294. The number of halogens is 1. The van der Waals surface area contributed by atoms with E-state index in [1.165, 1.54) is 0 Å². The number of carbonyl (C=O) groups is 2. The largest absolute Gasteiger partial charge is 0.481 e. The van der Waals surface area contributed by atoms with Gasteiger partial charge >= 0.3 is 5.97 Å². The van der Waals surface area contributed by atoms with E-state index in [0.29, 0.717) is 42.4 Å². The first kappa shape index (κ1) is 16.6. The van der Waals surface area contributed by atoms with Crippen LogP contribution in [-0.4, -0.2) is 47.6 Å². The molecule has 4 heterocycles. The first-order valence-corrected chi connectivity index (χ1v) is 8.58. The van der Waals surface area contributed by atoms with Crippen LogP contribution in [0, 0.1) is 0 Å². The smallest absolute Gasteiger partial charge is 0.303 e. The summed E-state index contributed by atoms with van der Waals surface area (Å²) in [6.07, 6.45) is 3.81. The maximum absolute atomic E-state index is 12.8. The minimum absolute atomic E-state index is 0.0445. The van der Waals surface area contributed by atoms with Crippen LogP contribution in [0.1, 0.15) is 28.3 Å². The summed E-state index contributed by atoms with van der Waals surface area (Å²) in [7, 11) is 0. The van der Waals surface area contributed by atoms with Gasteiger partial charge in [0.2, 0.25) is 0 Å². The van der Waals surface area contributed by atoms with Gasteiger partial charge in [-0.2, -0.15) is 5.10 Å². The van der Waals surface area contributed by atoms with Gasteiger partial charge in [0, 0.05) is 25.4 Å². The highest BCUT2D eigenvalue weighted by Crippen LogP contribution is 2.18. The molecule has 3 aromatic heterocycles. The average molecular weight is 374 g/mol. The second kappa shape index (κ2) is 6.45. The molecule has 8 nitrogen and oxygen atoms in total. The number of imidazole rings is 1. The van der Waals surface area contributed by atoms with Crippen LogP contribution in [0.15, 0.2) is 30.6 Å². The van der Waals surface area contributed by atoms with Crippen molar-refractivity contribution in [1.82, 2.24) is 24.1 Å². The van der Waals surface area contributed by atoms with Gasteiger partial charge in [0.1, 0.15) is 11.3 Å². The predicted molar refractivity (Wildman–Crippen MR) is 93.1 cm³/mol. The fourth-order valence-corrected chi connectivity index (χ4v) is 3.25. The van der Waals surface area contributed by atoms with E-state index in [4.69, 9.17) is 16.7 Å². The zero-order valence-corrected chi connectivity index (χ0v) is 14.6. The molecule has 0 saturated carbocycles. The molecule has 1 N–H and O–H groups in total. The fourth-order valence-electron chi connectivity index (χ4n) is 3.09. The molecule has 1 aliphatic heterocycles. The van der Waals surface area contributed by atoms with E-state index in [2.05, 4.69) is 10.1 Å². The number of nitrogens with zero attached hydrogens (tertiary/aromatic N) is 5. The number of carbonyl (C=O) groups excluding carboxylic acids is 1. The number of hydrogen-bond donors (Lipinski definition) is 1. The summed E-state index contributed by atoms with van der Waals surface area (Å²) in [4.78, 5) is 29.6. The van der Waals surface area contributed by atoms with Crippen molar-refractivity contribution in [3.8, 4) is 0 Å². The van der Waals surface area contributed by atoms with Gasteiger partial charge in [0.05, 0.1) is 35.9 Å². The maximum Gasteiger partial charge on any atom is 0.303 e. The first-order chi connectivity index (χ1) is 12.5. The molecular weight excluding hydrogens is 358 g/mol. The van der Waals surface area contributed by atoms with Gasteiger partial charge in [0.25, 0.3) is 5.91 Å². The van der Waals surface area contributed by atoms with E-state index in [1.54, 1.807) is 33.8 Å². The summed E-state index contributed by atoms with van der Waals surface area (Å²) < 4.78 is 3.57. The Labute approximate surface area is 153 Å². The number of aromatic nitrogens is 4. The molecule has 0 atom stereocenters. The topological polar surface area (TPSA) is 92.7 Å². The lowest BCUT2D eigenvalue weighted by Crippen LogP contribution is -2.38. The number of hydrogen-bond acceptors (Lipinski definition) is 4. The van der Waals surface area contributed by atoms with Gasteiger partial charge < -0.3 is 14.4 Å². The number of amides is 1. The van der Waals surface area contributed by atoms with Gasteiger partial charge in [-0.1, -0.05) is 11.6 Å². The van der Waals surface area contributed by atoms with Gasteiger partial charge in [0.15, 0.2) is 0 Å². The summed E-state index contributed by atoms with van der Waals surface area (Å²) in [5.41, 5.74) is 2.66. The van der Waals surface area contributed by atoms with Gasteiger partial charge in [-0.3, -0.25) is 14.3 Å². The van der Waals surface area contributed by atoms with Gasteiger partial charge in [-0.05, 0) is 18.2 Å². The van der Waals surface area contributed by atoms with Crippen molar-refractivity contribution in [1.29, 1.82) is 0 Å². The van der Waals surface area contributed by atoms with E-state index in [1.807, 2.05) is 10.7 Å². The quantitative estimate of drug-likeness (QED) is 0.753. The highest BCUT2D eigenvalue weighted by molar-refractivity contribution is 6.30. The van der Waals surface area contributed by atoms with Crippen LogP contribution < -0.4 is 0 Å². The molecule has 134 valence electrons. The third-order valence-electron chi connectivity index (χ3n) is 4.36. The molecule has 9 heteroatoms. The Hall–Kier alpha value is -2.87. The molecule has 3 aromatic rings. The lowest BCUT2D eigenvalue weighted by molar-refractivity contribution is -0.136. The van der Waals surface area contributed by atoms with E-state index >= 15 is 0 Å². The normalized spacial score (nSPS) is 13.8. The third-order valence-corrected chi connectivity index (χ3v) is 4.59. The van der Waals surface area contributed by atoms with E-state index in [9.17, 15) is 9.59 Å². The van der Waals surface area contributed by atoms with E-state index in [0.717, 1.165) is 11.4 Å². The molecule has 26 heavy (non-hydrogen) atoms. The molecule has 0 bridgehead atoms. The van der Waals surface area contributed by atoms with Crippen molar-refractivity contribution >= 4 is 29.1 Å². The van der Waals surface area contributed by atoms with Crippen molar-refractivity contribution in [2.45, 2.75) is 25.9 Å². The van der Waals surface area contributed by atoms with Gasteiger partial charge in [-0.15, -0.1) is 0 Å². The highest BCUT2D eigenvalue weighted by Gasteiger charge is 2.25. The molecule has 0 unspecified atom stereocenters. The molecule has 0 spiro atoms. The standard InChI is InChI=1S/C17H16ClN5O3/c18-11-1-3-15-19-14(10-22(15)8-11)17(26)21-5-6-23-13(9-21)7-12(20-23)2-4-16(24)25/h1,3,7-8,10H,2,4-6,9H2,(H,24,25). The lowest BCUT2D eigenvalue weighted by atomic mass is 10.2. The Kier molecular flexibility index (Phi) is 4.12. The van der Waals surface area contributed by atoms with Crippen LogP contribution in [0.25, 0.3) is 5.65 Å². The number of rotatable bonds is 4. The van der Waals surface area contributed by atoms with E-state index < -0.39 is 5.97 Å². The summed E-state index contributed by atoms with van der Waals surface area (Å²) in [5.74, 6) is -0.996. The van der Waals surface area contributed by atoms with Crippen LogP contribution in [0.4, 0.5) is 0 Å². The van der Waals surface area contributed by atoms with Crippen LogP contribution in [-0.2, 0) is 24.3 Å². The maximum atomic E-state index is 12.8. The van der Waals surface area contributed by atoms with E-state index in [-0.39, 0.29) is 12.3 Å². The Morgan fingerprint density at radius 3 is 2.88 bits per heavy atom. The number of pyridine rings is 1. The summed E-state index contributed by atoms with van der Waals surface area (Å²) in [6, 6.07) is 5.36. The molecule has 0 aliphatic carbocycles. The van der Waals surface area contributed by atoms with Crippen molar-refractivity contribution in [2.24, 2.45) is 0 Å². The molecule has 1 amide bonds. The SMILES string of the molecule is O=C(O)CCc1cc2n(n1)CCN(C(=O)c1cn3cc(Cl)ccc3n1)C2. The molecule has 1 aliphatic rings. The number of aryl methyl sites for hydroxylation is 1. The van der Waals surface area contributed by atoms with Crippen LogP contribution in [0.5, 0.6) is 0 Å². The third kappa shape index (κ3) is 3.15. The molecule has 4 rings (SSSR count). The van der Waals surface area contributed by atoms with Crippen molar-refractivity contribution in [3.63, 3.8) is 0 Å². The Morgan fingerprint density at radius 1 is 1.23 bits per heavy atom. The molecule has 0 radical (unpaired) electrons. The summed E-state index contributed by atoms with van der Waals surface area (Å²) >= 11 is 5.97. The average Bonchev–Trinajstić information content (AvgIpc) is 3.21. The van der Waals surface area contributed by atoms with Crippen LogP contribution in [0.3, 0.4) is 0 Å². The Bertz CT molecular complexity index is 1010. The summed E-state index contributed by atoms with van der Waals surface area (Å²) in [6.45, 7) is 1.53. The summed E-state index contributed by atoms with van der Waals surface area (Å²) in [5, 5.41) is 13.8. The van der Waals surface area contributed by atoms with Crippen molar-refractivity contribution in [3.05, 3.63) is 52.7 Å². The van der Waals surface area contributed by atoms with Crippen LogP contribution >= 0.6 is 11.6 Å². The number of carboxylic acid groups (broad SMARTS) is 1. The monoisotopic (exact) mass is 373 g/mol. The minimum Gasteiger partial charge on any atom is -0.481 e. The van der Waals surface area contributed by atoms with Crippen LogP contribution in [0.2, 0.25) is 5.02 Å². The number of fused-ring (bicyclic) bond motifs is 2. The number of aliphatic carboxylic acids is 1. The molecular formula is C17H16ClN5O3. The second-order valence-electron chi connectivity index (χ2n) is 6.21. The second-order valence-corrected chi connectivity index (χ2v) is 6.65. The molecule has 0 saturated heterocycles.